The molecule has 0 amide bonds. The average Bonchev–Trinajstić information content (AvgIpc) is 2.91. The van der Waals surface area contributed by atoms with E-state index in [9.17, 15) is 0 Å². The third-order valence-corrected chi connectivity index (χ3v) is 4.49. The van der Waals surface area contributed by atoms with Crippen LogP contribution in [0.15, 0.2) is 40.4 Å². The van der Waals surface area contributed by atoms with Crippen molar-refractivity contribution in [3.63, 3.8) is 0 Å². The highest BCUT2D eigenvalue weighted by molar-refractivity contribution is 8.16. The number of aryl methyl sites for hydroxylation is 1. The molecule has 2 nitrogen and oxygen atoms in total. The molecule has 1 aromatic carbocycles. The minimum Gasteiger partial charge on any atom is -0.321 e. The molecule has 0 aliphatic carbocycles. The number of thioether (sulfide) groups is 1. The van der Waals surface area contributed by atoms with Crippen LogP contribution in [0.5, 0.6) is 0 Å². The Kier molecular flexibility index (Phi) is 4.82. The molecule has 0 saturated carbocycles. The fraction of sp³-hybridized carbons (Fsp3) is 0.357. The number of nitrogens with zero attached hydrogens (tertiary/aromatic N) is 2. The molecule has 102 valence electrons. The number of benzene rings is 1. The molecule has 0 aromatic heterocycles. The second-order valence-corrected chi connectivity index (χ2v) is 5.83. The highest BCUT2D eigenvalue weighted by Gasteiger charge is 2.31. The molecule has 19 heavy (non-hydrogen) atoms. The van der Waals surface area contributed by atoms with Gasteiger partial charge in [-0.25, -0.2) is 0 Å². The number of halogens is 2. The fourth-order valence-corrected chi connectivity index (χ4v) is 3.58. The fourth-order valence-electron chi connectivity index (χ4n) is 2.28. The maximum atomic E-state index is 5.92. The van der Waals surface area contributed by atoms with Crippen molar-refractivity contribution in [3.8, 4) is 0 Å². The maximum absolute atomic E-state index is 5.92. The summed E-state index contributed by atoms with van der Waals surface area (Å²) in [5.74, 6) is 0.573. The van der Waals surface area contributed by atoms with Crippen LogP contribution in [-0.4, -0.2) is 28.5 Å². The van der Waals surface area contributed by atoms with E-state index in [1.165, 1.54) is 16.8 Å². The summed E-state index contributed by atoms with van der Waals surface area (Å²) in [6.45, 7) is 3.08. The topological polar surface area (TPSA) is 15.6 Å². The van der Waals surface area contributed by atoms with Gasteiger partial charge < -0.3 is 4.90 Å². The first-order valence-electron chi connectivity index (χ1n) is 6.09. The second-order valence-electron chi connectivity index (χ2n) is 4.73. The van der Waals surface area contributed by atoms with Gasteiger partial charge in [-0.2, -0.15) is 0 Å². The lowest BCUT2D eigenvalue weighted by Gasteiger charge is -2.16. The summed E-state index contributed by atoms with van der Waals surface area (Å²) in [5, 5.41) is 3.22. The van der Waals surface area contributed by atoms with Crippen LogP contribution in [-0.2, 0) is 6.42 Å². The molecule has 1 atom stereocenters. The first-order valence-corrected chi connectivity index (χ1v) is 7.50. The molecule has 0 radical (unpaired) electrons. The van der Waals surface area contributed by atoms with Crippen molar-refractivity contribution in [1.82, 2.24) is 4.90 Å². The highest BCUT2D eigenvalue weighted by Crippen LogP contribution is 2.32. The molecule has 0 N–H and O–H groups in total. The number of rotatable bonds is 3. The SMILES string of the molecule is Cc1ccc(CC2CN3C(CCl)=CSC3=N2)cc1.Cl. The Morgan fingerprint density at radius 2 is 2.11 bits per heavy atom. The molecule has 2 aliphatic heterocycles. The minimum atomic E-state index is 0. The van der Waals surface area contributed by atoms with Crippen LogP contribution in [0.4, 0.5) is 0 Å². The molecule has 2 aliphatic rings. The van der Waals surface area contributed by atoms with E-state index in [1.54, 1.807) is 11.8 Å². The van der Waals surface area contributed by atoms with E-state index in [4.69, 9.17) is 16.6 Å². The first kappa shape index (κ1) is 14.8. The van der Waals surface area contributed by atoms with Crippen LogP contribution in [0.3, 0.4) is 0 Å². The van der Waals surface area contributed by atoms with Crippen molar-refractivity contribution in [2.75, 3.05) is 12.4 Å². The predicted molar refractivity (Wildman–Crippen MR) is 86.5 cm³/mol. The van der Waals surface area contributed by atoms with Crippen LogP contribution in [0, 0.1) is 6.92 Å². The largest absolute Gasteiger partial charge is 0.321 e. The zero-order chi connectivity index (χ0) is 12.5. The van der Waals surface area contributed by atoms with Crippen molar-refractivity contribution in [2.24, 2.45) is 4.99 Å². The van der Waals surface area contributed by atoms with Crippen molar-refractivity contribution in [2.45, 2.75) is 19.4 Å². The third kappa shape index (κ3) is 3.10. The van der Waals surface area contributed by atoms with E-state index in [0.717, 1.165) is 18.1 Å². The smallest absolute Gasteiger partial charge is 0.168 e. The number of hydrogen-bond donors (Lipinski definition) is 0. The Hall–Kier alpha value is -0.640. The third-order valence-electron chi connectivity index (χ3n) is 3.29. The summed E-state index contributed by atoms with van der Waals surface area (Å²) < 4.78 is 0. The van der Waals surface area contributed by atoms with Gasteiger partial charge in [-0.1, -0.05) is 41.6 Å². The number of alkyl halides is 1. The van der Waals surface area contributed by atoms with Crippen LogP contribution in [0.2, 0.25) is 0 Å². The van der Waals surface area contributed by atoms with Crippen molar-refractivity contribution in [1.29, 1.82) is 0 Å². The Labute approximate surface area is 129 Å². The van der Waals surface area contributed by atoms with E-state index in [2.05, 4.69) is 41.5 Å². The van der Waals surface area contributed by atoms with Gasteiger partial charge in [-0.15, -0.1) is 24.0 Å². The molecule has 0 fully saturated rings. The minimum absolute atomic E-state index is 0. The Balaban J connectivity index is 0.00000133. The van der Waals surface area contributed by atoms with Crippen LogP contribution >= 0.6 is 35.8 Å². The van der Waals surface area contributed by atoms with E-state index in [0.29, 0.717) is 11.9 Å². The van der Waals surface area contributed by atoms with Gasteiger partial charge >= 0.3 is 0 Å². The summed E-state index contributed by atoms with van der Waals surface area (Å²) in [5.41, 5.74) is 3.85. The number of fused-ring (bicyclic) bond motifs is 1. The standard InChI is InChI=1S/C14H15ClN2S.ClH/c1-10-2-4-11(5-3-10)6-12-8-17-13(7-15)9-18-14(17)16-12;/h2-5,9,12H,6-8H2,1H3;1H. The summed E-state index contributed by atoms with van der Waals surface area (Å²) in [4.78, 5) is 7.01. The number of allylic oxidation sites excluding steroid dienone is 1. The number of aliphatic imine (C=N–C) groups is 1. The molecule has 0 bridgehead atoms. The molecule has 2 heterocycles. The van der Waals surface area contributed by atoms with Gasteiger partial charge in [-0.05, 0) is 24.3 Å². The average molecular weight is 315 g/mol. The van der Waals surface area contributed by atoms with Crippen LogP contribution in [0.1, 0.15) is 11.1 Å². The normalized spacial score (nSPS) is 20.7. The first-order chi connectivity index (χ1) is 8.76. The monoisotopic (exact) mass is 314 g/mol. The molecule has 1 unspecified atom stereocenters. The maximum Gasteiger partial charge on any atom is 0.168 e. The summed E-state index contributed by atoms with van der Waals surface area (Å²) in [7, 11) is 0. The molecule has 3 rings (SSSR count). The quantitative estimate of drug-likeness (QED) is 0.788. The highest BCUT2D eigenvalue weighted by atomic mass is 35.5. The molecular weight excluding hydrogens is 299 g/mol. The summed E-state index contributed by atoms with van der Waals surface area (Å²) >= 11 is 7.61. The molecule has 1 aromatic rings. The Morgan fingerprint density at radius 3 is 2.79 bits per heavy atom. The lowest BCUT2D eigenvalue weighted by atomic mass is 10.1. The number of hydrogen-bond acceptors (Lipinski definition) is 3. The zero-order valence-corrected chi connectivity index (χ0v) is 13.1. The van der Waals surface area contributed by atoms with Crippen molar-refractivity contribution >= 4 is 40.9 Å². The van der Waals surface area contributed by atoms with Gasteiger partial charge in [0.2, 0.25) is 0 Å². The van der Waals surface area contributed by atoms with E-state index < -0.39 is 0 Å². The lowest BCUT2D eigenvalue weighted by Crippen LogP contribution is -2.25. The van der Waals surface area contributed by atoms with E-state index in [1.807, 2.05) is 0 Å². The van der Waals surface area contributed by atoms with Crippen LogP contribution in [0.25, 0.3) is 0 Å². The Bertz CT molecular complexity index is 511. The van der Waals surface area contributed by atoms with Crippen molar-refractivity contribution < 1.29 is 0 Å². The van der Waals surface area contributed by atoms with E-state index >= 15 is 0 Å². The molecule has 0 saturated heterocycles. The summed E-state index contributed by atoms with van der Waals surface area (Å²) in [6.07, 6.45) is 1.01. The number of amidine groups is 1. The second kappa shape index (κ2) is 6.21. The van der Waals surface area contributed by atoms with Gasteiger partial charge in [0.15, 0.2) is 5.17 Å². The van der Waals surface area contributed by atoms with Gasteiger partial charge in [0.05, 0.1) is 11.9 Å². The van der Waals surface area contributed by atoms with Gasteiger partial charge in [-0.3, -0.25) is 4.99 Å². The predicted octanol–water partition coefficient (Wildman–Crippen LogP) is 3.83. The van der Waals surface area contributed by atoms with Gasteiger partial charge in [0.25, 0.3) is 0 Å². The van der Waals surface area contributed by atoms with E-state index in [-0.39, 0.29) is 12.4 Å². The summed E-state index contributed by atoms with van der Waals surface area (Å²) in [6, 6.07) is 9.09. The zero-order valence-electron chi connectivity index (χ0n) is 10.7. The van der Waals surface area contributed by atoms with Gasteiger partial charge in [0.1, 0.15) is 0 Å². The molecule has 5 heteroatoms. The lowest BCUT2D eigenvalue weighted by molar-refractivity contribution is 0.511. The molecule has 0 spiro atoms. The van der Waals surface area contributed by atoms with Crippen molar-refractivity contribution in [3.05, 3.63) is 46.5 Å². The van der Waals surface area contributed by atoms with Crippen LogP contribution < -0.4 is 0 Å². The Morgan fingerprint density at radius 1 is 1.37 bits per heavy atom. The van der Waals surface area contributed by atoms with Gasteiger partial charge in [0, 0.05) is 12.2 Å². The molecular formula is C14H16Cl2N2S.